The van der Waals surface area contributed by atoms with Gasteiger partial charge in [0.1, 0.15) is 6.61 Å². The molecule has 0 unspecified atom stereocenters. The van der Waals surface area contributed by atoms with Crippen molar-refractivity contribution in [1.82, 2.24) is 0 Å². The Kier molecular flexibility index (Phi) is 4.55. The number of carboxylic acids is 1. The summed E-state index contributed by atoms with van der Waals surface area (Å²) in [6.45, 7) is -0.0157. The van der Waals surface area contributed by atoms with Gasteiger partial charge in [0, 0.05) is 0 Å². The van der Waals surface area contributed by atoms with Gasteiger partial charge in [-0.05, 0) is 23.8 Å². The highest BCUT2D eigenvalue weighted by atomic mass is 19.4. The number of benzene rings is 2. The van der Waals surface area contributed by atoms with Crippen LogP contribution in [0, 0.1) is 0 Å². The molecule has 2 rings (SSSR count). The molecule has 0 heterocycles. The van der Waals surface area contributed by atoms with Gasteiger partial charge < -0.3 is 14.6 Å². The van der Waals surface area contributed by atoms with Gasteiger partial charge in [-0.1, -0.05) is 30.3 Å². The molecule has 0 fully saturated rings. The number of alkyl halides is 3. The van der Waals surface area contributed by atoms with Crippen LogP contribution < -0.4 is 9.47 Å². The first-order valence-corrected chi connectivity index (χ1v) is 6.15. The van der Waals surface area contributed by atoms with Gasteiger partial charge in [-0.25, -0.2) is 4.79 Å². The highest BCUT2D eigenvalue weighted by Gasteiger charge is 2.32. The lowest BCUT2D eigenvalue weighted by atomic mass is 10.2. The summed E-state index contributed by atoms with van der Waals surface area (Å²) < 4.78 is 46.2. The standard InChI is InChI=1S/C15H11F3O4/c16-15(17,18)22-12-7-6-11(14(19)20)8-13(12)21-9-10-4-2-1-3-5-10/h1-8H,9H2,(H,19,20). The molecular formula is C15H11F3O4. The fraction of sp³-hybridized carbons (Fsp3) is 0.133. The normalized spacial score (nSPS) is 11.0. The van der Waals surface area contributed by atoms with Gasteiger partial charge in [-0.3, -0.25) is 0 Å². The van der Waals surface area contributed by atoms with Gasteiger partial charge in [-0.2, -0.15) is 0 Å². The van der Waals surface area contributed by atoms with Crippen molar-refractivity contribution in [2.45, 2.75) is 13.0 Å². The Morgan fingerprint density at radius 3 is 2.32 bits per heavy atom. The van der Waals surface area contributed by atoms with Crippen molar-refractivity contribution in [1.29, 1.82) is 0 Å². The van der Waals surface area contributed by atoms with Crippen molar-refractivity contribution in [3.63, 3.8) is 0 Å². The summed E-state index contributed by atoms with van der Waals surface area (Å²) in [7, 11) is 0. The summed E-state index contributed by atoms with van der Waals surface area (Å²) in [6, 6.07) is 11.7. The fourth-order valence-corrected chi connectivity index (χ4v) is 1.70. The molecule has 0 radical (unpaired) electrons. The Bertz CT molecular complexity index is 654. The van der Waals surface area contributed by atoms with E-state index in [4.69, 9.17) is 9.84 Å². The van der Waals surface area contributed by atoms with Crippen LogP contribution in [0.25, 0.3) is 0 Å². The van der Waals surface area contributed by atoms with E-state index in [9.17, 15) is 18.0 Å². The van der Waals surface area contributed by atoms with E-state index >= 15 is 0 Å². The van der Waals surface area contributed by atoms with Crippen molar-refractivity contribution in [2.75, 3.05) is 0 Å². The van der Waals surface area contributed by atoms with Gasteiger partial charge in [-0.15, -0.1) is 13.2 Å². The minimum atomic E-state index is -4.89. The quantitative estimate of drug-likeness (QED) is 0.911. The smallest absolute Gasteiger partial charge is 0.485 e. The van der Waals surface area contributed by atoms with Gasteiger partial charge in [0.2, 0.25) is 0 Å². The van der Waals surface area contributed by atoms with Gasteiger partial charge in [0.25, 0.3) is 0 Å². The van der Waals surface area contributed by atoms with Crippen LogP contribution in [0.3, 0.4) is 0 Å². The van der Waals surface area contributed by atoms with Crippen molar-refractivity contribution in [3.05, 3.63) is 59.7 Å². The number of carboxylic acid groups (broad SMARTS) is 1. The molecule has 0 amide bonds. The summed E-state index contributed by atoms with van der Waals surface area (Å²) in [5.74, 6) is -2.15. The van der Waals surface area contributed by atoms with Crippen LogP contribution in [0.15, 0.2) is 48.5 Å². The summed E-state index contributed by atoms with van der Waals surface area (Å²) in [5.41, 5.74) is 0.527. The zero-order chi connectivity index (χ0) is 16.2. The van der Waals surface area contributed by atoms with E-state index < -0.39 is 18.1 Å². The molecule has 0 atom stereocenters. The number of hydrogen-bond acceptors (Lipinski definition) is 3. The molecule has 1 N–H and O–H groups in total. The molecule has 2 aromatic rings. The molecule has 2 aromatic carbocycles. The Balaban J connectivity index is 2.24. The van der Waals surface area contributed by atoms with Crippen LogP contribution in [0.2, 0.25) is 0 Å². The van der Waals surface area contributed by atoms with E-state index in [0.717, 1.165) is 23.8 Å². The molecule has 0 aliphatic rings. The maximum absolute atomic E-state index is 12.3. The Hall–Kier alpha value is -2.70. The van der Waals surface area contributed by atoms with Crippen molar-refractivity contribution >= 4 is 5.97 Å². The lowest BCUT2D eigenvalue weighted by Gasteiger charge is -2.14. The summed E-state index contributed by atoms with van der Waals surface area (Å²) in [6.07, 6.45) is -4.89. The molecule has 0 saturated carbocycles. The first-order chi connectivity index (χ1) is 10.3. The Morgan fingerprint density at radius 1 is 1.05 bits per heavy atom. The number of ether oxygens (including phenoxy) is 2. The second-order valence-corrected chi connectivity index (χ2v) is 4.29. The van der Waals surface area contributed by atoms with E-state index in [2.05, 4.69) is 4.74 Å². The van der Waals surface area contributed by atoms with E-state index in [1.165, 1.54) is 0 Å². The lowest BCUT2D eigenvalue weighted by Crippen LogP contribution is -2.18. The molecular weight excluding hydrogens is 301 g/mol. The average Bonchev–Trinajstić information content (AvgIpc) is 2.45. The summed E-state index contributed by atoms with van der Waals surface area (Å²) >= 11 is 0. The van der Waals surface area contributed by atoms with E-state index in [1.54, 1.807) is 30.3 Å². The van der Waals surface area contributed by atoms with Crippen molar-refractivity contribution in [3.8, 4) is 11.5 Å². The monoisotopic (exact) mass is 312 g/mol. The van der Waals surface area contributed by atoms with Gasteiger partial charge >= 0.3 is 12.3 Å². The highest BCUT2D eigenvalue weighted by molar-refractivity contribution is 5.88. The van der Waals surface area contributed by atoms with Crippen LogP contribution in [0.4, 0.5) is 13.2 Å². The predicted molar refractivity (Wildman–Crippen MR) is 70.9 cm³/mol. The van der Waals surface area contributed by atoms with Gasteiger partial charge in [0.15, 0.2) is 11.5 Å². The molecule has 0 saturated heterocycles. The molecule has 0 spiro atoms. The number of carbonyl (C=O) groups is 1. The second kappa shape index (κ2) is 6.38. The Morgan fingerprint density at radius 2 is 1.73 bits per heavy atom. The van der Waals surface area contributed by atoms with Crippen molar-refractivity contribution in [2.24, 2.45) is 0 Å². The molecule has 0 bridgehead atoms. The van der Waals surface area contributed by atoms with Crippen LogP contribution in [-0.2, 0) is 6.61 Å². The molecule has 116 valence electrons. The summed E-state index contributed by atoms with van der Waals surface area (Å²) in [4.78, 5) is 10.9. The molecule has 0 aromatic heterocycles. The van der Waals surface area contributed by atoms with Crippen LogP contribution in [0.1, 0.15) is 15.9 Å². The number of aromatic carboxylic acids is 1. The zero-order valence-electron chi connectivity index (χ0n) is 11.1. The maximum atomic E-state index is 12.3. The van der Waals surface area contributed by atoms with E-state index in [-0.39, 0.29) is 17.9 Å². The number of halogens is 3. The minimum Gasteiger partial charge on any atom is -0.485 e. The van der Waals surface area contributed by atoms with Crippen LogP contribution >= 0.6 is 0 Å². The molecule has 7 heteroatoms. The topological polar surface area (TPSA) is 55.8 Å². The fourth-order valence-electron chi connectivity index (χ4n) is 1.70. The zero-order valence-corrected chi connectivity index (χ0v) is 11.1. The van der Waals surface area contributed by atoms with Crippen molar-refractivity contribution < 1.29 is 32.5 Å². The predicted octanol–water partition coefficient (Wildman–Crippen LogP) is 3.86. The minimum absolute atomic E-state index is 0.0157. The number of rotatable bonds is 5. The maximum Gasteiger partial charge on any atom is 0.573 e. The van der Waals surface area contributed by atoms with E-state index in [0.29, 0.717) is 0 Å². The summed E-state index contributed by atoms with van der Waals surface area (Å²) in [5, 5.41) is 8.90. The first kappa shape index (κ1) is 15.7. The lowest BCUT2D eigenvalue weighted by molar-refractivity contribution is -0.275. The highest BCUT2D eigenvalue weighted by Crippen LogP contribution is 2.33. The average molecular weight is 312 g/mol. The molecule has 4 nitrogen and oxygen atoms in total. The molecule has 0 aliphatic carbocycles. The molecule has 0 aliphatic heterocycles. The third kappa shape index (κ3) is 4.41. The van der Waals surface area contributed by atoms with E-state index in [1.807, 2.05) is 0 Å². The van der Waals surface area contributed by atoms with Crippen LogP contribution in [0.5, 0.6) is 11.5 Å². The Labute approximate surface area is 123 Å². The van der Waals surface area contributed by atoms with Gasteiger partial charge in [0.05, 0.1) is 5.56 Å². The number of hydrogen-bond donors (Lipinski definition) is 1. The molecule has 22 heavy (non-hydrogen) atoms. The SMILES string of the molecule is O=C(O)c1ccc(OC(F)(F)F)c(OCc2ccccc2)c1. The van der Waals surface area contributed by atoms with Crippen LogP contribution in [-0.4, -0.2) is 17.4 Å². The largest absolute Gasteiger partial charge is 0.573 e. The first-order valence-electron chi connectivity index (χ1n) is 6.15. The third-order valence-corrected chi connectivity index (χ3v) is 2.65. The third-order valence-electron chi connectivity index (χ3n) is 2.65. The second-order valence-electron chi connectivity index (χ2n) is 4.29.